The van der Waals surface area contributed by atoms with Crippen molar-refractivity contribution in [2.45, 2.75) is 38.6 Å². The number of likely N-dealkylation sites (tertiary alicyclic amines) is 1. The highest BCUT2D eigenvalue weighted by atomic mass is 127. The molecule has 3 rings (SSSR count). The lowest BCUT2D eigenvalue weighted by atomic mass is 10.1. The van der Waals surface area contributed by atoms with Crippen molar-refractivity contribution >= 4 is 35.8 Å². The molecule has 2 N–H and O–H groups in total. The Morgan fingerprint density at radius 1 is 1.24 bits per heavy atom. The molecule has 1 heterocycles. The van der Waals surface area contributed by atoms with Crippen LogP contribution in [0.4, 0.5) is 0 Å². The van der Waals surface area contributed by atoms with Gasteiger partial charge < -0.3 is 15.5 Å². The predicted molar refractivity (Wildman–Crippen MR) is 130 cm³/mol. The first kappa shape index (κ1) is 23.9. The number of hydrogen-bond acceptors (Lipinski definition) is 3. The van der Waals surface area contributed by atoms with Gasteiger partial charge in [0, 0.05) is 58.2 Å². The van der Waals surface area contributed by atoms with E-state index < -0.39 is 0 Å². The summed E-state index contributed by atoms with van der Waals surface area (Å²) < 4.78 is 0. The molecular formula is C22H36IN5O. The second-order valence-corrected chi connectivity index (χ2v) is 7.89. The predicted octanol–water partition coefficient (Wildman–Crippen LogP) is 2.34. The van der Waals surface area contributed by atoms with E-state index in [9.17, 15) is 4.79 Å². The van der Waals surface area contributed by atoms with Crippen LogP contribution in [0.1, 0.15) is 31.7 Å². The number of carbonyl (C=O) groups is 1. The zero-order valence-electron chi connectivity index (χ0n) is 17.8. The van der Waals surface area contributed by atoms with Gasteiger partial charge in [0.15, 0.2) is 5.96 Å². The average molecular weight is 513 g/mol. The van der Waals surface area contributed by atoms with E-state index in [4.69, 9.17) is 0 Å². The number of amides is 1. The molecule has 1 aliphatic carbocycles. The largest absolute Gasteiger partial charge is 0.356 e. The molecule has 0 bridgehead atoms. The van der Waals surface area contributed by atoms with Gasteiger partial charge in [-0.25, -0.2) is 0 Å². The van der Waals surface area contributed by atoms with Crippen molar-refractivity contribution in [3.05, 3.63) is 35.9 Å². The van der Waals surface area contributed by atoms with Gasteiger partial charge in [-0.1, -0.05) is 37.3 Å². The molecule has 2 fully saturated rings. The molecule has 0 radical (unpaired) electrons. The van der Waals surface area contributed by atoms with Gasteiger partial charge in [0.2, 0.25) is 5.91 Å². The first-order chi connectivity index (χ1) is 13.7. The molecule has 1 unspecified atom stereocenters. The summed E-state index contributed by atoms with van der Waals surface area (Å²) in [6.45, 7) is 7.72. The zero-order chi connectivity index (χ0) is 19.8. The van der Waals surface area contributed by atoms with E-state index in [2.05, 4.69) is 51.7 Å². The van der Waals surface area contributed by atoms with Gasteiger partial charge in [-0.15, -0.1) is 24.0 Å². The number of rotatable bonds is 10. The molecule has 6 nitrogen and oxygen atoms in total. The van der Waals surface area contributed by atoms with Crippen molar-refractivity contribution in [1.82, 2.24) is 20.4 Å². The molecule has 2 aliphatic rings. The maximum Gasteiger partial charge on any atom is 0.223 e. The highest BCUT2D eigenvalue weighted by molar-refractivity contribution is 14.0. The third-order valence-corrected chi connectivity index (χ3v) is 5.75. The van der Waals surface area contributed by atoms with Crippen LogP contribution in [-0.2, 0) is 11.2 Å². The van der Waals surface area contributed by atoms with Crippen molar-refractivity contribution in [2.75, 3.05) is 46.3 Å². The minimum Gasteiger partial charge on any atom is -0.356 e. The fraction of sp³-hybridized carbons (Fsp3) is 0.636. The summed E-state index contributed by atoms with van der Waals surface area (Å²) in [7, 11) is 1.81. The second-order valence-electron chi connectivity index (χ2n) is 7.89. The van der Waals surface area contributed by atoms with Gasteiger partial charge in [0.1, 0.15) is 0 Å². The van der Waals surface area contributed by atoms with Gasteiger partial charge in [-0.05, 0) is 31.4 Å². The van der Waals surface area contributed by atoms with Gasteiger partial charge in [0.05, 0.1) is 0 Å². The Balaban J connectivity index is 0.00000300. The van der Waals surface area contributed by atoms with Gasteiger partial charge >= 0.3 is 0 Å². The fourth-order valence-corrected chi connectivity index (χ4v) is 3.93. The third-order valence-electron chi connectivity index (χ3n) is 5.75. The van der Waals surface area contributed by atoms with Gasteiger partial charge in [0.25, 0.3) is 0 Å². The Labute approximate surface area is 192 Å². The van der Waals surface area contributed by atoms with Crippen LogP contribution in [0.25, 0.3) is 0 Å². The first-order valence-electron chi connectivity index (χ1n) is 10.7. The Morgan fingerprint density at radius 3 is 2.66 bits per heavy atom. The number of hydrogen-bond donors (Lipinski definition) is 2. The normalized spacial score (nSPS) is 19.4. The number of guanidine groups is 1. The molecule has 1 atom stereocenters. The van der Waals surface area contributed by atoms with Crippen LogP contribution in [-0.4, -0.2) is 74.0 Å². The molecule has 1 amide bonds. The summed E-state index contributed by atoms with van der Waals surface area (Å²) in [5.74, 6) is 1.45. The Kier molecular flexibility index (Phi) is 10.2. The van der Waals surface area contributed by atoms with Crippen molar-refractivity contribution in [2.24, 2.45) is 10.9 Å². The summed E-state index contributed by atoms with van der Waals surface area (Å²) in [4.78, 5) is 21.2. The number of nitrogens with zero attached hydrogens (tertiary/aromatic N) is 3. The summed E-state index contributed by atoms with van der Waals surface area (Å²) >= 11 is 0. The van der Waals surface area contributed by atoms with E-state index >= 15 is 0 Å². The summed E-state index contributed by atoms with van der Waals surface area (Å²) in [6.07, 6.45) is 4.24. The number of nitrogens with one attached hydrogen (secondary N) is 2. The highest BCUT2D eigenvalue weighted by Crippen LogP contribution is 2.25. The maximum atomic E-state index is 12.3. The number of halogens is 1. The van der Waals surface area contributed by atoms with E-state index in [1.165, 1.54) is 18.4 Å². The highest BCUT2D eigenvalue weighted by Gasteiger charge is 2.29. The van der Waals surface area contributed by atoms with Crippen LogP contribution in [0, 0.1) is 5.92 Å². The maximum absolute atomic E-state index is 12.3. The summed E-state index contributed by atoms with van der Waals surface area (Å²) in [5, 5.41) is 6.81. The number of carbonyl (C=O) groups excluding carboxylic acids is 1. The summed E-state index contributed by atoms with van der Waals surface area (Å²) in [5.41, 5.74) is 1.29. The minimum atomic E-state index is 0. The number of benzene rings is 1. The first-order valence-corrected chi connectivity index (χ1v) is 10.7. The van der Waals surface area contributed by atoms with Crippen LogP contribution in [0.15, 0.2) is 35.3 Å². The Bertz CT molecular complexity index is 650. The van der Waals surface area contributed by atoms with Crippen LogP contribution < -0.4 is 10.6 Å². The van der Waals surface area contributed by atoms with Crippen molar-refractivity contribution in [3.8, 4) is 0 Å². The molecule has 162 valence electrons. The van der Waals surface area contributed by atoms with E-state index in [1.54, 1.807) is 7.05 Å². The summed E-state index contributed by atoms with van der Waals surface area (Å²) in [6, 6.07) is 11.2. The lowest BCUT2D eigenvalue weighted by Crippen LogP contribution is -2.43. The van der Waals surface area contributed by atoms with Crippen LogP contribution in [0.5, 0.6) is 0 Å². The molecule has 29 heavy (non-hydrogen) atoms. The number of aliphatic imine (C=N–C) groups is 1. The third kappa shape index (κ3) is 7.77. The standard InChI is InChI=1S/C22H35N5O.HI/c1-3-26(20-9-10-20)14-12-24-22(23-2)25-16-19-15-21(28)27(17-19)13-11-18-7-5-4-6-8-18;/h4-8,19-20H,3,9-17H2,1-2H3,(H2,23,24,25);1H. The van der Waals surface area contributed by atoms with Crippen molar-refractivity contribution in [1.29, 1.82) is 0 Å². The number of likely N-dealkylation sites (N-methyl/N-ethyl adjacent to an activating group) is 1. The minimum absolute atomic E-state index is 0. The van der Waals surface area contributed by atoms with E-state index in [1.807, 2.05) is 11.0 Å². The molecular weight excluding hydrogens is 477 g/mol. The van der Waals surface area contributed by atoms with Crippen molar-refractivity contribution < 1.29 is 4.79 Å². The van der Waals surface area contributed by atoms with Crippen LogP contribution in [0.2, 0.25) is 0 Å². The molecule has 1 saturated carbocycles. The monoisotopic (exact) mass is 513 g/mol. The average Bonchev–Trinajstić information content (AvgIpc) is 3.50. The van der Waals surface area contributed by atoms with E-state index in [-0.39, 0.29) is 29.9 Å². The van der Waals surface area contributed by atoms with E-state index in [0.29, 0.717) is 12.3 Å². The molecule has 1 aliphatic heterocycles. The van der Waals surface area contributed by atoms with Crippen LogP contribution >= 0.6 is 24.0 Å². The fourth-order valence-electron chi connectivity index (χ4n) is 3.93. The molecule has 1 aromatic carbocycles. The smallest absolute Gasteiger partial charge is 0.223 e. The molecule has 1 saturated heterocycles. The SMILES string of the molecule is CCN(CCNC(=NC)NCC1CC(=O)N(CCc2ccccc2)C1)C1CC1.I. The topological polar surface area (TPSA) is 60.0 Å². The van der Waals surface area contributed by atoms with E-state index in [0.717, 1.165) is 57.7 Å². The lowest BCUT2D eigenvalue weighted by molar-refractivity contribution is -0.127. The Morgan fingerprint density at radius 2 is 2.00 bits per heavy atom. The molecule has 0 spiro atoms. The quantitative estimate of drug-likeness (QED) is 0.287. The van der Waals surface area contributed by atoms with Crippen molar-refractivity contribution in [3.63, 3.8) is 0 Å². The molecule has 7 heteroatoms. The molecule has 1 aromatic rings. The lowest BCUT2D eigenvalue weighted by Gasteiger charge is -2.21. The van der Waals surface area contributed by atoms with Gasteiger partial charge in [-0.3, -0.25) is 14.7 Å². The Hall–Kier alpha value is -1.35. The second kappa shape index (κ2) is 12.4. The molecule has 0 aromatic heterocycles. The van der Waals surface area contributed by atoms with Gasteiger partial charge in [-0.2, -0.15) is 0 Å². The zero-order valence-corrected chi connectivity index (χ0v) is 20.1. The van der Waals surface area contributed by atoms with Crippen LogP contribution in [0.3, 0.4) is 0 Å².